The van der Waals surface area contributed by atoms with E-state index in [2.05, 4.69) is 0 Å². The fourth-order valence-electron chi connectivity index (χ4n) is 3.31. The predicted molar refractivity (Wildman–Crippen MR) is 121 cm³/mol. The first-order chi connectivity index (χ1) is 13.9. The van der Waals surface area contributed by atoms with E-state index in [1.807, 2.05) is 76.2 Å². The molecule has 6 heteroatoms. The lowest BCUT2D eigenvalue weighted by Gasteiger charge is -2.27. The zero-order valence-electron chi connectivity index (χ0n) is 17.3. The van der Waals surface area contributed by atoms with E-state index in [1.165, 1.54) is 11.8 Å². The maximum absolute atomic E-state index is 13.1. The number of para-hydroxylation sites is 2. The summed E-state index contributed by atoms with van der Waals surface area (Å²) in [6.07, 6.45) is 0.809. The molecule has 2 aromatic carbocycles. The Balaban J connectivity index is 1.93. The summed E-state index contributed by atoms with van der Waals surface area (Å²) in [6, 6.07) is 17.1. The Morgan fingerprint density at radius 1 is 1.07 bits per heavy atom. The van der Waals surface area contributed by atoms with Crippen molar-refractivity contribution in [1.29, 1.82) is 0 Å². The van der Waals surface area contributed by atoms with Gasteiger partial charge >= 0.3 is 0 Å². The van der Waals surface area contributed by atoms with Crippen molar-refractivity contribution in [2.75, 3.05) is 10.7 Å². The van der Waals surface area contributed by atoms with Gasteiger partial charge in [-0.1, -0.05) is 49.0 Å². The van der Waals surface area contributed by atoms with Crippen molar-refractivity contribution in [3.05, 3.63) is 65.0 Å². The van der Waals surface area contributed by atoms with Crippen molar-refractivity contribution >= 4 is 34.3 Å². The minimum atomic E-state index is -0.0522. The van der Waals surface area contributed by atoms with E-state index in [0.29, 0.717) is 16.1 Å². The van der Waals surface area contributed by atoms with Crippen LogP contribution in [0.1, 0.15) is 40.2 Å². The highest BCUT2D eigenvalue weighted by atomic mass is 32.2. The summed E-state index contributed by atoms with van der Waals surface area (Å²) in [5, 5.41) is 1.20. The van der Waals surface area contributed by atoms with Gasteiger partial charge in [0.05, 0.1) is 16.7 Å². The number of benzene rings is 2. The average Bonchev–Trinajstić information content (AvgIpc) is 2.72. The summed E-state index contributed by atoms with van der Waals surface area (Å²) in [4.78, 5) is 32.6. The molecule has 0 aliphatic heterocycles. The van der Waals surface area contributed by atoms with E-state index in [-0.39, 0.29) is 29.3 Å². The summed E-state index contributed by atoms with van der Waals surface area (Å²) >= 11 is 1.33. The molecule has 0 aliphatic carbocycles. The Morgan fingerprint density at radius 2 is 1.72 bits per heavy atom. The number of hydrogen-bond acceptors (Lipinski definition) is 4. The van der Waals surface area contributed by atoms with Crippen molar-refractivity contribution < 1.29 is 4.79 Å². The van der Waals surface area contributed by atoms with Gasteiger partial charge in [0.1, 0.15) is 0 Å². The first kappa shape index (κ1) is 21.1. The molecule has 1 atom stereocenters. The molecular weight excluding hydrogens is 382 g/mol. The van der Waals surface area contributed by atoms with E-state index >= 15 is 0 Å². The van der Waals surface area contributed by atoms with Gasteiger partial charge in [0, 0.05) is 17.8 Å². The highest BCUT2D eigenvalue weighted by molar-refractivity contribution is 7.99. The van der Waals surface area contributed by atoms with Crippen molar-refractivity contribution in [3.63, 3.8) is 0 Å². The Kier molecular flexibility index (Phi) is 6.75. The maximum atomic E-state index is 13.1. The largest absolute Gasteiger partial charge is 0.309 e. The lowest BCUT2D eigenvalue weighted by Crippen LogP contribution is -2.38. The maximum Gasteiger partial charge on any atom is 0.262 e. The topological polar surface area (TPSA) is 55.2 Å². The van der Waals surface area contributed by atoms with Crippen LogP contribution in [0.5, 0.6) is 0 Å². The molecule has 152 valence electrons. The van der Waals surface area contributed by atoms with Gasteiger partial charge in [0.15, 0.2) is 5.16 Å². The first-order valence-corrected chi connectivity index (χ1v) is 10.9. The Hall–Kier alpha value is -2.60. The van der Waals surface area contributed by atoms with Gasteiger partial charge in [-0.15, -0.1) is 0 Å². The number of hydrogen-bond donors (Lipinski definition) is 0. The molecule has 0 saturated carbocycles. The van der Waals surface area contributed by atoms with Crippen molar-refractivity contribution in [1.82, 2.24) is 9.55 Å². The minimum absolute atomic E-state index is 0.00527. The number of aromatic nitrogens is 2. The van der Waals surface area contributed by atoms with Crippen LogP contribution >= 0.6 is 11.8 Å². The second-order valence-corrected chi connectivity index (χ2v) is 8.27. The number of nitrogens with zero attached hydrogens (tertiary/aromatic N) is 3. The van der Waals surface area contributed by atoms with Gasteiger partial charge in [-0.25, -0.2) is 4.98 Å². The van der Waals surface area contributed by atoms with E-state index in [0.717, 1.165) is 12.1 Å². The van der Waals surface area contributed by atoms with Crippen molar-refractivity contribution in [3.8, 4) is 0 Å². The summed E-state index contributed by atoms with van der Waals surface area (Å²) in [5.41, 5.74) is 1.48. The molecule has 0 radical (unpaired) electrons. The monoisotopic (exact) mass is 409 g/mol. The number of rotatable bonds is 7. The number of carbonyl (C=O) groups excluding carboxylic acids is 1. The van der Waals surface area contributed by atoms with E-state index in [1.54, 1.807) is 15.5 Å². The lowest BCUT2D eigenvalue weighted by molar-refractivity contribution is -0.116. The third-order valence-corrected chi connectivity index (χ3v) is 5.89. The van der Waals surface area contributed by atoms with Gasteiger partial charge in [0.2, 0.25) is 5.91 Å². The molecule has 0 bridgehead atoms. The molecular formula is C23H27N3O2S. The standard InChI is InChI=1S/C23H27N3O2S/c1-5-17(4)26-22(28)19-13-9-10-14-20(19)24-23(26)29-15-21(27)25(16(2)3)18-11-7-6-8-12-18/h6-14,16-17H,5,15H2,1-4H3/t17-/m1/s1. The van der Waals surface area contributed by atoms with Crippen molar-refractivity contribution in [2.45, 2.75) is 51.4 Å². The Bertz CT molecular complexity index is 1050. The molecule has 0 aliphatic rings. The number of anilines is 1. The molecule has 3 rings (SSSR count). The molecule has 1 aromatic heterocycles. The third kappa shape index (κ3) is 4.53. The fourth-order valence-corrected chi connectivity index (χ4v) is 4.27. The molecule has 0 fully saturated rings. The highest BCUT2D eigenvalue weighted by Gasteiger charge is 2.21. The number of carbonyl (C=O) groups is 1. The van der Waals surface area contributed by atoms with Crippen LogP contribution in [-0.2, 0) is 4.79 Å². The highest BCUT2D eigenvalue weighted by Crippen LogP contribution is 2.24. The number of fused-ring (bicyclic) bond motifs is 1. The summed E-state index contributed by atoms with van der Waals surface area (Å²) < 4.78 is 1.72. The third-order valence-electron chi connectivity index (χ3n) is 4.95. The van der Waals surface area contributed by atoms with Gasteiger partial charge in [-0.3, -0.25) is 14.2 Å². The minimum Gasteiger partial charge on any atom is -0.309 e. The molecule has 3 aromatic rings. The zero-order chi connectivity index (χ0) is 21.0. The predicted octanol–water partition coefficient (Wildman–Crippen LogP) is 4.90. The summed E-state index contributed by atoms with van der Waals surface area (Å²) in [7, 11) is 0. The van der Waals surface area contributed by atoms with Crippen LogP contribution in [0.25, 0.3) is 10.9 Å². The quantitative estimate of drug-likeness (QED) is 0.411. The van der Waals surface area contributed by atoms with Crippen molar-refractivity contribution in [2.24, 2.45) is 0 Å². The fraction of sp³-hybridized carbons (Fsp3) is 0.348. The van der Waals surface area contributed by atoms with E-state index in [4.69, 9.17) is 4.98 Å². The molecule has 1 heterocycles. The Morgan fingerprint density at radius 3 is 2.38 bits per heavy atom. The van der Waals surface area contributed by atoms with Crippen LogP contribution in [0.15, 0.2) is 64.5 Å². The molecule has 1 amide bonds. The van der Waals surface area contributed by atoms with E-state index in [9.17, 15) is 9.59 Å². The zero-order valence-corrected chi connectivity index (χ0v) is 18.1. The van der Waals surface area contributed by atoms with Crippen LogP contribution in [0.4, 0.5) is 5.69 Å². The molecule has 5 nitrogen and oxygen atoms in total. The normalized spacial score (nSPS) is 12.3. The van der Waals surface area contributed by atoms with E-state index < -0.39 is 0 Å². The second-order valence-electron chi connectivity index (χ2n) is 7.33. The van der Waals surface area contributed by atoms with Gasteiger partial charge < -0.3 is 4.90 Å². The lowest BCUT2D eigenvalue weighted by atomic mass is 10.2. The Labute approximate surface area is 175 Å². The molecule has 0 saturated heterocycles. The first-order valence-electron chi connectivity index (χ1n) is 9.95. The van der Waals surface area contributed by atoms with Gasteiger partial charge in [-0.2, -0.15) is 0 Å². The van der Waals surface area contributed by atoms with Crippen LogP contribution in [0, 0.1) is 0 Å². The SMILES string of the molecule is CC[C@@H](C)n1c(SCC(=O)N(c2ccccc2)C(C)C)nc2ccccc2c1=O. The second kappa shape index (κ2) is 9.27. The molecule has 0 spiro atoms. The van der Waals surface area contributed by atoms with Gasteiger partial charge in [0.25, 0.3) is 5.56 Å². The molecule has 0 unspecified atom stereocenters. The van der Waals surface area contributed by atoms with Crippen LogP contribution < -0.4 is 10.5 Å². The van der Waals surface area contributed by atoms with Crippen LogP contribution in [0.2, 0.25) is 0 Å². The summed E-state index contributed by atoms with van der Waals surface area (Å²) in [5.74, 6) is 0.211. The smallest absolute Gasteiger partial charge is 0.262 e. The number of amides is 1. The molecule has 29 heavy (non-hydrogen) atoms. The van der Waals surface area contributed by atoms with Crippen LogP contribution in [0.3, 0.4) is 0 Å². The van der Waals surface area contributed by atoms with Crippen LogP contribution in [-0.4, -0.2) is 27.3 Å². The molecule has 0 N–H and O–H groups in total. The number of thioether (sulfide) groups is 1. The van der Waals surface area contributed by atoms with Gasteiger partial charge in [-0.05, 0) is 51.5 Å². The average molecular weight is 410 g/mol. The summed E-state index contributed by atoms with van der Waals surface area (Å²) in [6.45, 7) is 8.05.